The smallest absolute Gasteiger partial charge is 0.156 e. The van der Waals surface area contributed by atoms with E-state index in [1.54, 1.807) is 0 Å². The molecule has 2 aromatic rings. The maximum Gasteiger partial charge on any atom is 0.156 e. The molecule has 130 valence electrons. The predicted molar refractivity (Wildman–Crippen MR) is 90.6 cm³/mol. The fourth-order valence-corrected chi connectivity index (χ4v) is 1.95. The largest absolute Gasteiger partial charge is 0.396 e. The Balaban J connectivity index is 2.28. The lowest BCUT2D eigenvalue weighted by atomic mass is 10.3. The number of aliphatic hydroxyl groups excluding tert-OH is 2. The van der Waals surface area contributed by atoms with Gasteiger partial charge in [0, 0.05) is 0 Å². The number of carbonyl (C=O) groups is 1. The number of pyridine rings is 1. The summed E-state index contributed by atoms with van der Waals surface area (Å²) in [5.41, 5.74) is 18.6. The van der Waals surface area contributed by atoms with Crippen LogP contribution in [0.3, 0.4) is 0 Å². The minimum Gasteiger partial charge on any atom is -0.396 e. The zero-order valence-electron chi connectivity index (χ0n) is 12.8. The number of aliphatic hydroxyl groups is 2. The molecule has 11 nitrogen and oxygen atoms in total. The van der Waals surface area contributed by atoms with Gasteiger partial charge in [-0.15, -0.1) is 0 Å². The summed E-state index contributed by atoms with van der Waals surface area (Å²) in [6, 6.07) is 0.624. The van der Waals surface area contributed by atoms with Gasteiger partial charge < -0.3 is 42.8 Å². The summed E-state index contributed by atoms with van der Waals surface area (Å²) in [6.07, 6.45) is 2.01. The Hall–Kier alpha value is -3.05. The number of hydrogen-bond acceptors (Lipinski definition) is 10. The number of nitrogens with two attached hydrogens (primary N) is 3. The predicted octanol–water partition coefficient (Wildman–Crippen LogP) is -1.27. The number of aldehydes is 1. The molecule has 0 radical (unpaired) electrons. The fraction of sp³-hybridized carbons (Fsp3) is 0.308. The van der Waals surface area contributed by atoms with Crippen LogP contribution in [0.4, 0.5) is 34.5 Å². The molecule has 0 saturated carbocycles. The minimum absolute atomic E-state index is 0.101. The molecule has 0 aliphatic rings. The van der Waals surface area contributed by atoms with Crippen molar-refractivity contribution in [3.05, 3.63) is 12.3 Å². The van der Waals surface area contributed by atoms with Crippen molar-refractivity contribution in [1.82, 2.24) is 14.8 Å². The van der Waals surface area contributed by atoms with Gasteiger partial charge in [-0.1, -0.05) is 0 Å². The second-order valence-corrected chi connectivity index (χ2v) is 4.95. The van der Waals surface area contributed by atoms with E-state index in [0.717, 1.165) is 0 Å². The summed E-state index contributed by atoms with van der Waals surface area (Å²) in [5, 5.41) is 27.7. The van der Waals surface area contributed by atoms with E-state index in [4.69, 9.17) is 27.4 Å². The first-order chi connectivity index (χ1) is 11.5. The van der Waals surface area contributed by atoms with Crippen LogP contribution in [0.25, 0.3) is 0 Å². The first-order valence-electron chi connectivity index (χ1n) is 7.08. The van der Waals surface area contributed by atoms with E-state index in [9.17, 15) is 4.79 Å². The second-order valence-electron chi connectivity index (χ2n) is 4.95. The number of nitrogens with one attached hydrogen (secondary N) is 2. The number of nitrogens with zero attached hydrogens (tertiary/aromatic N) is 3. The van der Waals surface area contributed by atoms with Crippen molar-refractivity contribution in [3.8, 4) is 0 Å². The lowest BCUT2D eigenvalue weighted by Gasteiger charge is -2.15. The molecule has 0 fully saturated rings. The van der Waals surface area contributed by atoms with E-state index in [2.05, 4.69) is 20.7 Å². The topological polar surface area (TPSA) is 190 Å². The van der Waals surface area contributed by atoms with Crippen molar-refractivity contribution >= 4 is 40.8 Å². The quantitative estimate of drug-likeness (QED) is 0.286. The Morgan fingerprint density at radius 2 is 1.96 bits per heavy atom. The Bertz CT molecular complexity index is 717. The summed E-state index contributed by atoms with van der Waals surface area (Å²) in [5.74, 6) is 0.751. The maximum atomic E-state index is 10.8. The summed E-state index contributed by atoms with van der Waals surface area (Å²) < 4.78 is 1.42. The monoisotopic (exact) mass is 336 g/mol. The van der Waals surface area contributed by atoms with E-state index in [-0.39, 0.29) is 36.2 Å². The van der Waals surface area contributed by atoms with E-state index >= 15 is 0 Å². The molecule has 24 heavy (non-hydrogen) atoms. The van der Waals surface area contributed by atoms with E-state index in [1.165, 1.54) is 16.9 Å². The van der Waals surface area contributed by atoms with Crippen LogP contribution in [0.15, 0.2) is 12.3 Å². The van der Waals surface area contributed by atoms with Crippen molar-refractivity contribution in [2.75, 3.05) is 41.0 Å². The number of hydrogen-bond donors (Lipinski definition) is 7. The number of rotatable bonds is 8. The molecule has 0 bridgehead atoms. The van der Waals surface area contributed by atoms with Gasteiger partial charge in [-0.2, -0.15) is 5.10 Å². The van der Waals surface area contributed by atoms with Crippen molar-refractivity contribution in [2.24, 2.45) is 0 Å². The van der Waals surface area contributed by atoms with Gasteiger partial charge >= 0.3 is 0 Å². The van der Waals surface area contributed by atoms with Crippen LogP contribution in [0.1, 0.15) is 0 Å². The van der Waals surface area contributed by atoms with Gasteiger partial charge in [0.05, 0.1) is 37.3 Å². The van der Waals surface area contributed by atoms with Gasteiger partial charge in [0.2, 0.25) is 0 Å². The number of carbonyl (C=O) groups excluding carboxylic acids is 1. The molecular formula is C13H20N8O3. The zero-order chi connectivity index (χ0) is 17.7. The molecule has 11 heteroatoms. The van der Waals surface area contributed by atoms with Gasteiger partial charge in [-0.3, -0.25) is 0 Å². The lowest BCUT2D eigenvalue weighted by Crippen LogP contribution is -2.26. The van der Waals surface area contributed by atoms with Crippen molar-refractivity contribution in [3.63, 3.8) is 0 Å². The number of aromatic nitrogens is 3. The first-order valence-corrected chi connectivity index (χ1v) is 7.08. The summed E-state index contributed by atoms with van der Waals surface area (Å²) in [4.78, 5) is 15.0. The third-order valence-electron chi connectivity index (χ3n) is 3.21. The van der Waals surface area contributed by atoms with Gasteiger partial charge in [0.25, 0.3) is 0 Å². The molecule has 2 rings (SSSR count). The highest BCUT2D eigenvalue weighted by molar-refractivity contribution is 5.81. The van der Waals surface area contributed by atoms with E-state index < -0.39 is 12.6 Å². The number of nitrogen functional groups attached to an aromatic ring is 3. The molecular weight excluding hydrogens is 316 g/mol. The molecule has 0 amide bonds. The standard InChI is InChI=1S/C13H20N8O3/c14-8-3-9(15)13(20-12(8)18-7(5-23)6-24)19-10-4-17-21(1-2-22)11(10)16/h3-5,7,22,24H,1-2,6,14-16H2,(H2,18,19,20). The molecule has 2 heterocycles. The molecule has 2 aromatic heterocycles. The molecule has 1 atom stereocenters. The Kier molecular flexibility index (Phi) is 5.39. The Morgan fingerprint density at radius 1 is 1.25 bits per heavy atom. The first kappa shape index (κ1) is 17.3. The third-order valence-corrected chi connectivity index (χ3v) is 3.21. The SMILES string of the molecule is Nc1cc(N)c(NC(C=O)CO)nc1Nc1cnn(CCO)c1N. The van der Waals surface area contributed by atoms with E-state index in [0.29, 0.717) is 17.8 Å². The second kappa shape index (κ2) is 7.48. The average Bonchev–Trinajstić information content (AvgIpc) is 2.90. The lowest BCUT2D eigenvalue weighted by molar-refractivity contribution is -0.109. The van der Waals surface area contributed by atoms with Crippen LogP contribution >= 0.6 is 0 Å². The highest BCUT2D eigenvalue weighted by Gasteiger charge is 2.14. The molecule has 10 N–H and O–H groups in total. The Labute approximate surface area is 137 Å². The van der Waals surface area contributed by atoms with Crippen molar-refractivity contribution in [1.29, 1.82) is 0 Å². The summed E-state index contributed by atoms with van der Waals surface area (Å²) in [6.45, 7) is -0.253. The minimum atomic E-state index is -0.839. The highest BCUT2D eigenvalue weighted by Crippen LogP contribution is 2.30. The van der Waals surface area contributed by atoms with Crippen LogP contribution in [-0.2, 0) is 11.3 Å². The Morgan fingerprint density at radius 3 is 2.58 bits per heavy atom. The van der Waals surface area contributed by atoms with Crippen LogP contribution in [-0.4, -0.2) is 50.5 Å². The van der Waals surface area contributed by atoms with E-state index in [1.807, 2.05) is 0 Å². The third kappa shape index (κ3) is 3.64. The van der Waals surface area contributed by atoms with Crippen molar-refractivity contribution < 1.29 is 15.0 Å². The van der Waals surface area contributed by atoms with Gasteiger partial charge in [-0.25, -0.2) is 9.67 Å². The van der Waals surface area contributed by atoms with Gasteiger partial charge in [0.1, 0.15) is 23.8 Å². The normalized spacial score (nSPS) is 11.9. The highest BCUT2D eigenvalue weighted by atomic mass is 16.3. The van der Waals surface area contributed by atoms with Crippen molar-refractivity contribution in [2.45, 2.75) is 12.6 Å². The molecule has 1 unspecified atom stereocenters. The van der Waals surface area contributed by atoms with Gasteiger partial charge in [-0.05, 0) is 6.07 Å². The summed E-state index contributed by atoms with van der Waals surface area (Å²) in [7, 11) is 0. The van der Waals surface area contributed by atoms with Crippen LogP contribution in [0.2, 0.25) is 0 Å². The maximum absolute atomic E-state index is 10.8. The molecule has 0 aromatic carbocycles. The van der Waals surface area contributed by atoms with Crippen LogP contribution in [0.5, 0.6) is 0 Å². The van der Waals surface area contributed by atoms with Gasteiger partial charge in [0.15, 0.2) is 11.6 Å². The van der Waals surface area contributed by atoms with Crippen LogP contribution < -0.4 is 27.8 Å². The summed E-state index contributed by atoms with van der Waals surface area (Å²) >= 11 is 0. The van der Waals surface area contributed by atoms with Crippen LogP contribution in [0, 0.1) is 0 Å². The molecule has 0 spiro atoms. The molecule has 0 aliphatic heterocycles. The molecule has 0 saturated heterocycles. The fourth-order valence-electron chi connectivity index (χ4n) is 1.95. The molecule has 0 aliphatic carbocycles. The average molecular weight is 336 g/mol. The zero-order valence-corrected chi connectivity index (χ0v) is 12.8. The number of anilines is 6.